The first-order valence-corrected chi connectivity index (χ1v) is 6.55. The first-order chi connectivity index (χ1) is 8.92. The van der Waals surface area contributed by atoms with Crippen LogP contribution in [-0.2, 0) is 0 Å². The van der Waals surface area contributed by atoms with E-state index in [1.165, 1.54) is 0 Å². The molecule has 86 valence electrons. The molecule has 0 spiro atoms. The quantitative estimate of drug-likeness (QED) is 0.517. The van der Waals surface area contributed by atoms with Crippen molar-refractivity contribution < 1.29 is 0 Å². The summed E-state index contributed by atoms with van der Waals surface area (Å²) in [7, 11) is 0. The van der Waals surface area contributed by atoms with Gasteiger partial charge >= 0.3 is 0 Å². The van der Waals surface area contributed by atoms with Gasteiger partial charge in [0.05, 0.1) is 11.2 Å². The summed E-state index contributed by atoms with van der Waals surface area (Å²) < 4.78 is 2.09. The van der Waals surface area contributed by atoms with Crippen molar-refractivity contribution in [3.05, 3.63) is 54.3 Å². The molecule has 1 aromatic carbocycles. The summed E-state index contributed by atoms with van der Waals surface area (Å²) in [6.45, 7) is 0. The van der Waals surface area contributed by atoms with Crippen molar-refractivity contribution in [1.82, 2.24) is 14.4 Å². The lowest BCUT2D eigenvalue weighted by molar-refractivity contribution is 1.23. The van der Waals surface area contributed by atoms with Crippen LogP contribution in [0.2, 0.25) is 0 Å². The molecule has 0 aliphatic rings. The van der Waals surface area contributed by atoms with E-state index in [9.17, 15) is 0 Å². The average Bonchev–Trinajstić information content (AvgIpc) is 3.00. The van der Waals surface area contributed by atoms with Crippen LogP contribution in [-0.4, -0.2) is 14.4 Å². The van der Waals surface area contributed by atoms with E-state index >= 15 is 0 Å². The van der Waals surface area contributed by atoms with Crippen LogP contribution in [0, 0.1) is 0 Å². The zero-order chi connectivity index (χ0) is 11.9. The minimum atomic E-state index is 1.01. The normalized spacial score (nSPS) is 11.3. The molecule has 18 heavy (non-hydrogen) atoms. The van der Waals surface area contributed by atoms with Gasteiger partial charge in [-0.15, -0.1) is 11.3 Å². The molecule has 4 heteroatoms. The number of nitrogens with zero attached hydrogens (tertiary/aromatic N) is 3. The van der Waals surface area contributed by atoms with Gasteiger partial charge in [-0.1, -0.05) is 18.2 Å². The molecule has 0 fully saturated rings. The van der Waals surface area contributed by atoms with Gasteiger partial charge < -0.3 is 0 Å². The van der Waals surface area contributed by atoms with Crippen LogP contribution in [0.1, 0.15) is 0 Å². The Hall–Kier alpha value is -2.20. The highest BCUT2D eigenvalue weighted by atomic mass is 32.1. The van der Waals surface area contributed by atoms with E-state index in [0.29, 0.717) is 0 Å². The fraction of sp³-hybridized carbons (Fsp3) is 0. The van der Waals surface area contributed by atoms with E-state index in [-0.39, 0.29) is 0 Å². The van der Waals surface area contributed by atoms with Crippen LogP contribution in [0.3, 0.4) is 0 Å². The lowest BCUT2D eigenvalue weighted by Crippen LogP contribution is -1.86. The summed E-state index contributed by atoms with van der Waals surface area (Å²) in [6, 6.07) is 10.3. The first kappa shape index (κ1) is 9.79. The minimum absolute atomic E-state index is 1.01. The third-order valence-corrected chi connectivity index (χ3v) is 3.88. The molecule has 4 aromatic rings. The molecule has 0 radical (unpaired) electrons. The van der Waals surface area contributed by atoms with Crippen molar-refractivity contribution in [3.63, 3.8) is 0 Å². The Morgan fingerprint density at radius 1 is 1.11 bits per heavy atom. The number of rotatable bonds is 1. The zero-order valence-electron chi connectivity index (χ0n) is 9.45. The molecule has 3 aromatic heterocycles. The van der Waals surface area contributed by atoms with Gasteiger partial charge in [-0.3, -0.25) is 9.38 Å². The van der Waals surface area contributed by atoms with Gasteiger partial charge in [-0.25, -0.2) is 4.98 Å². The van der Waals surface area contributed by atoms with Gasteiger partial charge in [0, 0.05) is 34.9 Å². The number of thiazole rings is 1. The largest absolute Gasteiger partial charge is 0.290 e. The number of imidazole rings is 1. The van der Waals surface area contributed by atoms with Crippen LogP contribution < -0.4 is 0 Å². The number of fused-ring (bicyclic) bond motifs is 2. The molecule has 0 aliphatic carbocycles. The predicted molar refractivity (Wildman–Crippen MR) is 73.8 cm³/mol. The van der Waals surface area contributed by atoms with Gasteiger partial charge in [0.25, 0.3) is 0 Å². The van der Waals surface area contributed by atoms with Gasteiger partial charge in [0.2, 0.25) is 0 Å². The SMILES string of the molecule is c1ccc2ncc(-c3csc4nccn34)cc2c1. The van der Waals surface area contributed by atoms with Gasteiger partial charge in [-0.05, 0) is 12.1 Å². The Labute approximate surface area is 107 Å². The predicted octanol–water partition coefficient (Wildman–Crippen LogP) is 3.61. The molecule has 4 rings (SSSR count). The number of hydrogen-bond donors (Lipinski definition) is 0. The Bertz CT molecular complexity index is 844. The van der Waals surface area contributed by atoms with Crippen LogP contribution in [0.4, 0.5) is 0 Å². The van der Waals surface area contributed by atoms with Crippen LogP contribution in [0.5, 0.6) is 0 Å². The third-order valence-electron chi connectivity index (χ3n) is 3.03. The molecule has 0 unspecified atom stereocenters. The highest BCUT2D eigenvalue weighted by molar-refractivity contribution is 7.15. The second-order valence-electron chi connectivity index (χ2n) is 4.12. The van der Waals surface area contributed by atoms with Gasteiger partial charge in [0.15, 0.2) is 4.96 Å². The summed E-state index contributed by atoms with van der Waals surface area (Å²) in [6.07, 6.45) is 5.73. The topological polar surface area (TPSA) is 30.2 Å². The fourth-order valence-corrected chi connectivity index (χ4v) is 3.00. The van der Waals surface area contributed by atoms with Gasteiger partial charge in [0.1, 0.15) is 0 Å². The Balaban J connectivity index is 1.99. The smallest absolute Gasteiger partial charge is 0.194 e. The molecule has 0 N–H and O–H groups in total. The number of hydrogen-bond acceptors (Lipinski definition) is 3. The highest BCUT2D eigenvalue weighted by Gasteiger charge is 2.07. The summed E-state index contributed by atoms with van der Waals surface area (Å²) >= 11 is 1.64. The lowest BCUT2D eigenvalue weighted by atomic mass is 10.1. The van der Waals surface area contributed by atoms with E-state index in [0.717, 1.165) is 27.1 Å². The number of pyridine rings is 1. The van der Waals surface area contributed by atoms with E-state index in [1.807, 2.05) is 36.8 Å². The van der Waals surface area contributed by atoms with Crippen molar-refractivity contribution in [1.29, 1.82) is 0 Å². The standard InChI is InChI=1S/C14H9N3S/c1-2-4-12-10(3-1)7-11(8-16-12)13-9-18-14-15-5-6-17(13)14/h1-9H. The lowest BCUT2D eigenvalue weighted by Gasteiger charge is -2.02. The maximum atomic E-state index is 4.50. The Morgan fingerprint density at radius 3 is 3.06 bits per heavy atom. The fourth-order valence-electron chi connectivity index (χ4n) is 2.14. The molecule has 0 amide bonds. The van der Waals surface area contributed by atoms with Crippen LogP contribution >= 0.6 is 11.3 Å². The van der Waals surface area contributed by atoms with E-state index in [4.69, 9.17) is 0 Å². The minimum Gasteiger partial charge on any atom is -0.290 e. The van der Waals surface area contributed by atoms with Crippen molar-refractivity contribution in [3.8, 4) is 11.3 Å². The summed E-state index contributed by atoms with van der Waals surface area (Å²) in [5.74, 6) is 0. The second-order valence-corrected chi connectivity index (χ2v) is 4.95. The summed E-state index contributed by atoms with van der Waals surface area (Å²) in [5.41, 5.74) is 3.29. The maximum absolute atomic E-state index is 4.50. The molecular formula is C14H9N3S. The molecule has 0 saturated carbocycles. The average molecular weight is 251 g/mol. The zero-order valence-corrected chi connectivity index (χ0v) is 10.3. The van der Waals surface area contributed by atoms with Crippen molar-refractivity contribution in [2.45, 2.75) is 0 Å². The molecule has 0 saturated heterocycles. The first-order valence-electron chi connectivity index (χ1n) is 5.67. The van der Waals surface area contributed by atoms with Gasteiger partial charge in [-0.2, -0.15) is 0 Å². The monoisotopic (exact) mass is 251 g/mol. The van der Waals surface area contributed by atoms with Crippen molar-refractivity contribution in [2.24, 2.45) is 0 Å². The van der Waals surface area contributed by atoms with E-state index in [2.05, 4.69) is 31.9 Å². The third kappa shape index (κ3) is 1.36. The van der Waals surface area contributed by atoms with Crippen molar-refractivity contribution >= 4 is 27.2 Å². The van der Waals surface area contributed by atoms with E-state index in [1.54, 1.807) is 11.3 Å². The second kappa shape index (κ2) is 3.65. The van der Waals surface area contributed by atoms with E-state index < -0.39 is 0 Å². The van der Waals surface area contributed by atoms with Crippen molar-refractivity contribution in [2.75, 3.05) is 0 Å². The molecule has 0 atom stereocenters. The number of benzene rings is 1. The molecule has 3 nitrogen and oxygen atoms in total. The summed E-state index contributed by atoms with van der Waals surface area (Å²) in [4.78, 5) is 9.80. The summed E-state index contributed by atoms with van der Waals surface area (Å²) in [5, 5.41) is 3.28. The molecular weight excluding hydrogens is 242 g/mol. The molecule has 0 aliphatic heterocycles. The maximum Gasteiger partial charge on any atom is 0.194 e. The van der Waals surface area contributed by atoms with Crippen LogP contribution in [0.15, 0.2) is 54.3 Å². The molecule has 0 bridgehead atoms. The number of aromatic nitrogens is 3. The number of para-hydroxylation sites is 1. The highest BCUT2D eigenvalue weighted by Crippen LogP contribution is 2.26. The Kier molecular flexibility index (Phi) is 1.98. The van der Waals surface area contributed by atoms with Crippen LogP contribution in [0.25, 0.3) is 27.1 Å². The molecule has 3 heterocycles. The Morgan fingerprint density at radius 2 is 2.06 bits per heavy atom.